The Morgan fingerprint density at radius 3 is 2.43 bits per heavy atom. The minimum Gasteiger partial charge on any atom is -0.300 e. The molecular formula is C3H2N2O2. The van der Waals surface area contributed by atoms with Crippen molar-refractivity contribution in [1.82, 2.24) is 0 Å². The molecule has 0 aliphatic heterocycles. The van der Waals surface area contributed by atoms with Crippen LogP contribution in [-0.4, -0.2) is 12.3 Å². The molecule has 0 rings (SSSR count). The van der Waals surface area contributed by atoms with Crippen LogP contribution in [0.5, 0.6) is 0 Å². The van der Waals surface area contributed by atoms with E-state index in [1.54, 1.807) is 0 Å². The first kappa shape index (κ1) is 5.76. The van der Waals surface area contributed by atoms with Gasteiger partial charge in [-0.3, -0.25) is 4.79 Å². The molecule has 0 spiro atoms. The van der Waals surface area contributed by atoms with Gasteiger partial charge in [0, 0.05) is 0 Å². The molecule has 0 fully saturated rings. The highest BCUT2D eigenvalue weighted by Crippen LogP contribution is 1.77. The maximum Gasteiger partial charge on any atom is 0.232 e. The van der Waals surface area contributed by atoms with Crippen molar-refractivity contribution in [3.05, 3.63) is 4.91 Å². The smallest absolute Gasteiger partial charge is 0.232 e. The summed E-state index contributed by atoms with van der Waals surface area (Å²) in [6, 6.07) is 0.0347. The fourth-order valence-electron chi connectivity index (χ4n) is 0.0788. The Labute approximate surface area is 39.7 Å². The molecule has 0 heterocycles. The maximum absolute atomic E-state index is 9.45. The molecule has 1 atom stereocenters. The van der Waals surface area contributed by atoms with Crippen LogP contribution in [0.25, 0.3) is 0 Å². The van der Waals surface area contributed by atoms with Gasteiger partial charge in [-0.2, -0.15) is 5.26 Å². The number of hydrogen-bond acceptors (Lipinski definition) is 4. The molecule has 0 aromatic heterocycles. The summed E-state index contributed by atoms with van der Waals surface area (Å²) in [5.74, 6) is 0. The highest BCUT2D eigenvalue weighted by molar-refractivity contribution is 5.61. The summed E-state index contributed by atoms with van der Waals surface area (Å²) < 4.78 is 0. The molecule has 0 aliphatic rings. The first-order valence-corrected chi connectivity index (χ1v) is 1.52. The molecule has 0 saturated carbocycles. The predicted molar refractivity (Wildman–Crippen MR) is 21.3 cm³/mol. The van der Waals surface area contributed by atoms with Crippen LogP contribution in [0.4, 0.5) is 0 Å². The largest absolute Gasteiger partial charge is 0.300 e. The Bertz CT molecular complexity index is 107. The normalized spacial score (nSPS) is 11.3. The van der Waals surface area contributed by atoms with Crippen molar-refractivity contribution in [1.29, 1.82) is 5.26 Å². The zero-order valence-electron chi connectivity index (χ0n) is 3.37. The SMILES string of the molecule is N#CC(C=O)N=O. The van der Waals surface area contributed by atoms with Crippen molar-refractivity contribution in [2.24, 2.45) is 5.18 Å². The second kappa shape index (κ2) is 2.97. The van der Waals surface area contributed by atoms with Gasteiger partial charge in [0.2, 0.25) is 6.04 Å². The van der Waals surface area contributed by atoms with Crippen LogP contribution in [0.3, 0.4) is 0 Å². The van der Waals surface area contributed by atoms with Gasteiger partial charge in [-0.25, -0.2) is 0 Å². The minimum atomic E-state index is -1.32. The molecule has 36 valence electrons. The van der Waals surface area contributed by atoms with Gasteiger partial charge in [-0.15, -0.1) is 4.91 Å². The zero-order chi connectivity index (χ0) is 5.70. The van der Waals surface area contributed by atoms with Crippen molar-refractivity contribution in [3.8, 4) is 6.07 Å². The van der Waals surface area contributed by atoms with Gasteiger partial charge in [0.15, 0.2) is 6.29 Å². The number of nitriles is 1. The van der Waals surface area contributed by atoms with Crippen LogP contribution in [0.1, 0.15) is 0 Å². The molecule has 0 radical (unpaired) electrons. The lowest BCUT2D eigenvalue weighted by atomic mass is 10.4. The van der Waals surface area contributed by atoms with Crippen molar-refractivity contribution in [2.75, 3.05) is 0 Å². The van der Waals surface area contributed by atoms with E-state index in [0.29, 0.717) is 0 Å². The Hall–Kier alpha value is -1.24. The topological polar surface area (TPSA) is 70.3 Å². The Morgan fingerprint density at radius 2 is 2.43 bits per heavy atom. The van der Waals surface area contributed by atoms with Crippen LogP contribution >= 0.6 is 0 Å². The molecule has 4 heteroatoms. The maximum atomic E-state index is 9.45. The first-order valence-electron chi connectivity index (χ1n) is 1.52. The lowest BCUT2D eigenvalue weighted by Crippen LogP contribution is -1.98. The molecule has 1 unspecified atom stereocenters. The van der Waals surface area contributed by atoms with E-state index in [1.165, 1.54) is 6.07 Å². The lowest BCUT2D eigenvalue weighted by molar-refractivity contribution is -0.107. The Balaban J connectivity index is 3.65. The summed E-state index contributed by atoms with van der Waals surface area (Å²) in [5.41, 5.74) is 0. The number of rotatable bonds is 2. The molecule has 0 amide bonds. The van der Waals surface area contributed by atoms with E-state index in [4.69, 9.17) is 5.26 Å². The average Bonchev–Trinajstić information content (AvgIpc) is 1.72. The van der Waals surface area contributed by atoms with E-state index >= 15 is 0 Å². The fraction of sp³-hybridized carbons (Fsp3) is 0.333. The summed E-state index contributed by atoms with van der Waals surface area (Å²) in [7, 11) is 0. The molecule has 0 aliphatic carbocycles. The van der Waals surface area contributed by atoms with Crippen LogP contribution in [0.2, 0.25) is 0 Å². The number of aldehydes is 1. The number of nitrogens with zero attached hydrogens (tertiary/aromatic N) is 2. The summed E-state index contributed by atoms with van der Waals surface area (Å²) in [4.78, 5) is 18.7. The summed E-state index contributed by atoms with van der Waals surface area (Å²) in [5, 5.41) is 9.90. The van der Waals surface area contributed by atoms with Crippen LogP contribution < -0.4 is 0 Å². The van der Waals surface area contributed by atoms with E-state index in [0.717, 1.165) is 0 Å². The molecule has 4 nitrogen and oxygen atoms in total. The average molecular weight is 98.1 g/mol. The third-order valence-corrected chi connectivity index (χ3v) is 0.375. The van der Waals surface area contributed by atoms with Gasteiger partial charge in [-0.1, -0.05) is 0 Å². The van der Waals surface area contributed by atoms with E-state index in [9.17, 15) is 9.70 Å². The third kappa shape index (κ3) is 1.60. The molecule has 0 saturated heterocycles. The van der Waals surface area contributed by atoms with Crippen LogP contribution in [0, 0.1) is 16.2 Å². The van der Waals surface area contributed by atoms with E-state index < -0.39 is 6.04 Å². The first-order chi connectivity index (χ1) is 3.35. The molecule has 0 aromatic carbocycles. The molecule has 0 N–H and O–H groups in total. The Kier molecular flexibility index (Phi) is 2.44. The number of nitroso groups, excluding NO2 is 1. The van der Waals surface area contributed by atoms with Crippen molar-refractivity contribution in [3.63, 3.8) is 0 Å². The molecule has 0 aromatic rings. The second-order valence-electron chi connectivity index (χ2n) is 0.815. The highest BCUT2D eigenvalue weighted by Gasteiger charge is 1.99. The predicted octanol–water partition coefficient (Wildman–Crippen LogP) is -0.156. The van der Waals surface area contributed by atoms with Gasteiger partial charge in [0.05, 0.1) is 0 Å². The van der Waals surface area contributed by atoms with Crippen LogP contribution in [0.15, 0.2) is 5.18 Å². The summed E-state index contributed by atoms with van der Waals surface area (Å²) >= 11 is 0. The molecule has 7 heavy (non-hydrogen) atoms. The number of carbonyl (C=O) groups is 1. The third-order valence-electron chi connectivity index (χ3n) is 0.375. The van der Waals surface area contributed by atoms with Gasteiger partial charge in [-0.05, 0) is 5.18 Å². The van der Waals surface area contributed by atoms with Gasteiger partial charge in [0.25, 0.3) is 0 Å². The summed E-state index contributed by atoms with van der Waals surface area (Å²) in [6.45, 7) is 0. The number of hydrogen-bond donors (Lipinski definition) is 0. The Morgan fingerprint density at radius 1 is 1.86 bits per heavy atom. The lowest BCUT2D eigenvalue weighted by Gasteiger charge is -1.74. The van der Waals surface area contributed by atoms with Crippen molar-refractivity contribution in [2.45, 2.75) is 6.04 Å². The van der Waals surface area contributed by atoms with E-state index in [-0.39, 0.29) is 6.29 Å². The highest BCUT2D eigenvalue weighted by atomic mass is 16.3. The minimum absolute atomic E-state index is 0.188. The van der Waals surface area contributed by atoms with E-state index in [1.807, 2.05) is 0 Å². The number of carbonyl (C=O) groups excluding carboxylic acids is 1. The molecular weight excluding hydrogens is 96.0 g/mol. The monoisotopic (exact) mass is 98.0 g/mol. The zero-order valence-corrected chi connectivity index (χ0v) is 3.37. The van der Waals surface area contributed by atoms with Gasteiger partial charge < -0.3 is 0 Å². The molecule has 0 bridgehead atoms. The second-order valence-corrected chi connectivity index (χ2v) is 0.815. The van der Waals surface area contributed by atoms with Crippen molar-refractivity contribution < 1.29 is 4.79 Å². The van der Waals surface area contributed by atoms with Gasteiger partial charge in [0.1, 0.15) is 6.07 Å². The van der Waals surface area contributed by atoms with Gasteiger partial charge >= 0.3 is 0 Å². The fourth-order valence-corrected chi connectivity index (χ4v) is 0.0788. The summed E-state index contributed by atoms with van der Waals surface area (Å²) in [6.07, 6.45) is 0.188. The van der Waals surface area contributed by atoms with Crippen LogP contribution in [-0.2, 0) is 4.79 Å². The van der Waals surface area contributed by atoms with E-state index in [2.05, 4.69) is 5.18 Å². The van der Waals surface area contributed by atoms with Crippen molar-refractivity contribution >= 4 is 6.29 Å². The quantitative estimate of drug-likeness (QED) is 0.356. The standard InChI is InChI=1S/C3H2N2O2/c4-1-3(2-6)5-7/h2-3H.